The maximum atomic E-state index is 12.3. The molecule has 8 heteroatoms. The van der Waals surface area contributed by atoms with Crippen LogP contribution in [0.5, 0.6) is 11.5 Å². The molecule has 126 valence electrons. The monoisotopic (exact) mass is 331 g/mol. The van der Waals surface area contributed by atoms with Crippen LogP contribution in [0, 0.1) is 6.92 Å². The van der Waals surface area contributed by atoms with E-state index in [0.29, 0.717) is 34.1 Å². The number of hydrogen-bond donors (Lipinski definition) is 2. The van der Waals surface area contributed by atoms with Crippen molar-refractivity contribution in [3.8, 4) is 11.5 Å². The first-order chi connectivity index (χ1) is 11.5. The highest BCUT2D eigenvalue weighted by molar-refractivity contribution is 6.00. The van der Waals surface area contributed by atoms with Crippen molar-refractivity contribution in [1.82, 2.24) is 16.0 Å². The van der Waals surface area contributed by atoms with Gasteiger partial charge in [0.1, 0.15) is 5.56 Å². The van der Waals surface area contributed by atoms with Crippen molar-refractivity contribution >= 4 is 11.8 Å². The van der Waals surface area contributed by atoms with E-state index in [1.807, 2.05) is 13.8 Å². The molecule has 0 radical (unpaired) electrons. The summed E-state index contributed by atoms with van der Waals surface area (Å²) in [5.74, 6) is 0.593. The smallest absolute Gasteiger partial charge is 0.275 e. The molecule has 24 heavy (non-hydrogen) atoms. The summed E-state index contributed by atoms with van der Waals surface area (Å²) in [7, 11) is 0. The first-order valence-electron chi connectivity index (χ1n) is 7.44. The lowest BCUT2D eigenvalue weighted by Gasteiger charge is -2.09. The van der Waals surface area contributed by atoms with E-state index in [4.69, 9.17) is 14.0 Å². The van der Waals surface area contributed by atoms with Crippen LogP contribution >= 0.6 is 0 Å². The number of rotatable bonds is 3. The van der Waals surface area contributed by atoms with Gasteiger partial charge in [-0.05, 0) is 25.1 Å². The SMILES string of the molecule is Cc1noc(C(C)C)c1C(=O)NNC(=O)c1ccc2c(c1)OCO2. The van der Waals surface area contributed by atoms with Gasteiger partial charge in [0.05, 0.1) is 5.69 Å². The molecule has 0 bridgehead atoms. The number of nitrogens with one attached hydrogen (secondary N) is 2. The number of carbonyl (C=O) groups excluding carboxylic acids is 2. The summed E-state index contributed by atoms with van der Waals surface area (Å²) in [5.41, 5.74) is 5.88. The van der Waals surface area contributed by atoms with Gasteiger partial charge in [0.25, 0.3) is 11.8 Å². The highest BCUT2D eigenvalue weighted by Gasteiger charge is 2.23. The molecular formula is C16H17N3O5. The van der Waals surface area contributed by atoms with E-state index in [-0.39, 0.29) is 12.7 Å². The minimum Gasteiger partial charge on any atom is -0.454 e. The normalized spacial score (nSPS) is 12.3. The summed E-state index contributed by atoms with van der Waals surface area (Å²) in [6.45, 7) is 5.58. The van der Waals surface area contributed by atoms with E-state index in [1.165, 1.54) is 0 Å². The van der Waals surface area contributed by atoms with Gasteiger partial charge in [-0.15, -0.1) is 0 Å². The Morgan fingerprint density at radius 2 is 1.83 bits per heavy atom. The Hall–Kier alpha value is -3.03. The van der Waals surface area contributed by atoms with E-state index in [2.05, 4.69) is 16.0 Å². The number of carbonyl (C=O) groups is 2. The summed E-state index contributed by atoms with van der Waals surface area (Å²) in [5, 5.41) is 3.80. The van der Waals surface area contributed by atoms with Crippen LogP contribution < -0.4 is 20.3 Å². The van der Waals surface area contributed by atoms with Gasteiger partial charge >= 0.3 is 0 Å². The third-order valence-electron chi connectivity index (χ3n) is 3.56. The number of hydrazine groups is 1. The van der Waals surface area contributed by atoms with Crippen LogP contribution in [0.2, 0.25) is 0 Å². The Balaban J connectivity index is 1.68. The van der Waals surface area contributed by atoms with E-state index in [0.717, 1.165) is 0 Å². The van der Waals surface area contributed by atoms with E-state index < -0.39 is 11.8 Å². The molecule has 0 saturated carbocycles. The number of aryl methyl sites for hydroxylation is 1. The molecule has 1 aliphatic heterocycles. The first kappa shape index (κ1) is 15.9. The summed E-state index contributed by atoms with van der Waals surface area (Å²) >= 11 is 0. The molecule has 0 atom stereocenters. The topological polar surface area (TPSA) is 103 Å². The van der Waals surface area contributed by atoms with Crippen molar-refractivity contribution in [3.63, 3.8) is 0 Å². The van der Waals surface area contributed by atoms with E-state index >= 15 is 0 Å². The van der Waals surface area contributed by atoms with Crippen LogP contribution in [-0.2, 0) is 0 Å². The number of benzene rings is 1. The largest absolute Gasteiger partial charge is 0.454 e. The lowest BCUT2D eigenvalue weighted by atomic mass is 10.0. The molecule has 0 saturated heterocycles. The van der Waals surface area contributed by atoms with Gasteiger partial charge in [-0.25, -0.2) is 0 Å². The number of amides is 2. The first-order valence-corrected chi connectivity index (χ1v) is 7.44. The molecule has 2 N–H and O–H groups in total. The number of aromatic nitrogens is 1. The van der Waals surface area contributed by atoms with Crippen molar-refractivity contribution in [1.29, 1.82) is 0 Å². The summed E-state index contributed by atoms with van der Waals surface area (Å²) in [6, 6.07) is 4.77. The molecular weight excluding hydrogens is 314 g/mol. The maximum absolute atomic E-state index is 12.3. The Kier molecular flexibility index (Phi) is 4.11. The maximum Gasteiger partial charge on any atom is 0.275 e. The average molecular weight is 331 g/mol. The minimum absolute atomic E-state index is 0.00323. The van der Waals surface area contributed by atoms with Gasteiger partial charge in [-0.3, -0.25) is 20.4 Å². The fraction of sp³-hybridized carbons (Fsp3) is 0.312. The van der Waals surface area contributed by atoms with Gasteiger partial charge in [-0.2, -0.15) is 0 Å². The van der Waals surface area contributed by atoms with Crippen LogP contribution in [0.25, 0.3) is 0 Å². The standard InChI is InChI=1S/C16H17N3O5/c1-8(2)14-13(9(3)19-24-14)16(21)18-17-15(20)10-4-5-11-12(6-10)23-7-22-11/h4-6,8H,7H2,1-3H3,(H,17,20)(H,18,21). The van der Waals surface area contributed by atoms with E-state index in [1.54, 1.807) is 25.1 Å². The van der Waals surface area contributed by atoms with Crippen molar-refractivity contribution < 1.29 is 23.6 Å². The second-order valence-electron chi connectivity index (χ2n) is 5.64. The molecule has 2 heterocycles. The molecule has 1 aromatic carbocycles. The predicted molar refractivity (Wildman–Crippen MR) is 82.8 cm³/mol. The molecule has 1 aromatic heterocycles. The lowest BCUT2D eigenvalue weighted by molar-refractivity contribution is 0.0844. The Bertz CT molecular complexity index is 797. The van der Waals surface area contributed by atoms with Gasteiger partial charge in [-0.1, -0.05) is 19.0 Å². The molecule has 3 rings (SSSR count). The average Bonchev–Trinajstić information content (AvgIpc) is 3.17. The molecule has 1 aliphatic rings. The fourth-order valence-electron chi connectivity index (χ4n) is 2.34. The molecule has 0 fully saturated rings. The molecule has 8 nitrogen and oxygen atoms in total. The third-order valence-corrected chi connectivity index (χ3v) is 3.56. The van der Waals surface area contributed by atoms with Crippen molar-refractivity contribution in [2.24, 2.45) is 0 Å². The van der Waals surface area contributed by atoms with Crippen molar-refractivity contribution in [3.05, 3.63) is 40.8 Å². The molecule has 0 unspecified atom stereocenters. The quantitative estimate of drug-likeness (QED) is 0.833. The van der Waals surface area contributed by atoms with Crippen molar-refractivity contribution in [2.45, 2.75) is 26.7 Å². The molecule has 2 amide bonds. The molecule has 0 spiro atoms. The van der Waals surface area contributed by atoms with E-state index in [9.17, 15) is 9.59 Å². The molecule has 0 aliphatic carbocycles. The summed E-state index contributed by atoms with van der Waals surface area (Å²) < 4.78 is 15.6. The second-order valence-corrected chi connectivity index (χ2v) is 5.64. The van der Waals surface area contributed by atoms with Crippen LogP contribution in [0.15, 0.2) is 22.7 Å². The summed E-state index contributed by atoms with van der Waals surface area (Å²) in [4.78, 5) is 24.5. The van der Waals surface area contributed by atoms with Crippen LogP contribution in [-0.4, -0.2) is 23.8 Å². The number of hydrogen-bond acceptors (Lipinski definition) is 6. The highest BCUT2D eigenvalue weighted by Crippen LogP contribution is 2.32. The zero-order chi connectivity index (χ0) is 17.3. The minimum atomic E-state index is -0.480. The predicted octanol–water partition coefficient (Wildman–Crippen LogP) is 1.91. The van der Waals surface area contributed by atoms with Crippen LogP contribution in [0.1, 0.15) is 51.9 Å². The van der Waals surface area contributed by atoms with Crippen molar-refractivity contribution in [2.75, 3.05) is 6.79 Å². The van der Waals surface area contributed by atoms with Gasteiger partial charge in [0.15, 0.2) is 17.3 Å². The fourth-order valence-corrected chi connectivity index (χ4v) is 2.34. The highest BCUT2D eigenvalue weighted by atomic mass is 16.7. The Labute approximate surface area is 138 Å². The van der Waals surface area contributed by atoms with Crippen LogP contribution in [0.3, 0.4) is 0 Å². The van der Waals surface area contributed by atoms with Gasteiger partial charge in [0.2, 0.25) is 6.79 Å². The van der Waals surface area contributed by atoms with Crippen LogP contribution in [0.4, 0.5) is 0 Å². The second kappa shape index (κ2) is 6.23. The third kappa shape index (κ3) is 2.90. The molecule has 2 aromatic rings. The number of ether oxygens (including phenoxy) is 2. The Morgan fingerprint density at radius 1 is 1.12 bits per heavy atom. The number of fused-ring (bicyclic) bond motifs is 1. The summed E-state index contributed by atoms with van der Waals surface area (Å²) in [6.07, 6.45) is 0. The zero-order valence-electron chi connectivity index (χ0n) is 13.5. The van der Waals surface area contributed by atoms with Gasteiger partial charge in [0, 0.05) is 11.5 Å². The zero-order valence-corrected chi connectivity index (χ0v) is 13.5. The number of nitrogens with zero attached hydrogens (tertiary/aromatic N) is 1. The van der Waals surface area contributed by atoms with Gasteiger partial charge < -0.3 is 14.0 Å². The Morgan fingerprint density at radius 3 is 2.58 bits per heavy atom. The lowest BCUT2D eigenvalue weighted by Crippen LogP contribution is -2.42.